The Morgan fingerprint density at radius 3 is 2.73 bits per heavy atom. The lowest BCUT2D eigenvalue weighted by molar-refractivity contribution is 1.30. The van der Waals surface area contributed by atoms with Gasteiger partial charge in [-0.05, 0) is 24.6 Å². The Morgan fingerprint density at radius 1 is 1.55 bits per heavy atom. The van der Waals surface area contributed by atoms with Gasteiger partial charge in [0, 0.05) is 9.37 Å². The molecule has 1 nitrogen and oxygen atoms in total. The first kappa shape index (κ1) is 8.63. The van der Waals surface area contributed by atoms with E-state index in [1.54, 1.807) is 0 Å². The lowest BCUT2D eigenvalue weighted by Crippen LogP contribution is -1.82. The monoisotopic (exact) mass is 227 g/mol. The number of nitriles is 1. The fourth-order valence-electron chi connectivity index (χ4n) is 0.761. The standard InChI is InChI=1S/C8H6BrNS/c1-5-2-6(4-10)8(11)3-7(5)9/h2-3,11H,1H3. The zero-order valence-electron chi connectivity index (χ0n) is 5.93. The molecule has 0 amide bonds. The number of hydrogen-bond acceptors (Lipinski definition) is 2. The van der Waals surface area contributed by atoms with Crippen molar-refractivity contribution >= 4 is 28.6 Å². The first-order chi connectivity index (χ1) is 5.15. The molecule has 0 unspecified atom stereocenters. The van der Waals surface area contributed by atoms with Crippen LogP contribution in [0.2, 0.25) is 0 Å². The van der Waals surface area contributed by atoms with Crippen LogP contribution in [0.1, 0.15) is 11.1 Å². The first-order valence-corrected chi connectivity index (χ1v) is 4.28. The van der Waals surface area contributed by atoms with E-state index < -0.39 is 0 Å². The first-order valence-electron chi connectivity index (χ1n) is 3.04. The van der Waals surface area contributed by atoms with E-state index in [9.17, 15) is 0 Å². The molecule has 0 aliphatic carbocycles. The summed E-state index contributed by atoms with van der Waals surface area (Å²) in [4.78, 5) is 0.713. The minimum Gasteiger partial charge on any atom is -0.192 e. The number of nitrogens with zero attached hydrogens (tertiary/aromatic N) is 1. The molecule has 0 bridgehead atoms. The zero-order chi connectivity index (χ0) is 8.43. The van der Waals surface area contributed by atoms with Crippen molar-refractivity contribution in [1.82, 2.24) is 0 Å². The van der Waals surface area contributed by atoms with Gasteiger partial charge in [-0.15, -0.1) is 12.6 Å². The second-order valence-corrected chi connectivity index (χ2v) is 3.57. The lowest BCUT2D eigenvalue weighted by atomic mass is 10.1. The molecule has 1 aromatic carbocycles. The molecule has 0 saturated carbocycles. The van der Waals surface area contributed by atoms with E-state index in [1.807, 2.05) is 19.1 Å². The van der Waals surface area contributed by atoms with Gasteiger partial charge in [-0.3, -0.25) is 0 Å². The van der Waals surface area contributed by atoms with Gasteiger partial charge >= 0.3 is 0 Å². The average molecular weight is 228 g/mol. The van der Waals surface area contributed by atoms with Crippen LogP contribution in [0.4, 0.5) is 0 Å². The quantitative estimate of drug-likeness (QED) is 0.678. The fraction of sp³-hybridized carbons (Fsp3) is 0.125. The molecule has 0 radical (unpaired) electrons. The molecule has 56 valence electrons. The van der Waals surface area contributed by atoms with E-state index in [0.717, 1.165) is 10.0 Å². The summed E-state index contributed by atoms with van der Waals surface area (Å²) in [6.45, 7) is 1.94. The highest BCUT2D eigenvalue weighted by atomic mass is 79.9. The summed E-state index contributed by atoms with van der Waals surface area (Å²) in [5.74, 6) is 0. The SMILES string of the molecule is Cc1cc(C#N)c(S)cc1Br. The van der Waals surface area contributed by atoms with E-state index in [4.69, 9.17) is 5.26 Å². The molecule has 0 heterocycles. The van der Waals surface area contributed by atoms with E-state index >= 15 is 0 Å². The third-order valence-corrected chi connectivity index (χ3v) is 2.62. The number of aryl methyl sites for hydroxylation is 1. The third-order valence-electron chi connectivity index (χ3n) is 1.40. The number of benzene rings is 1. The number of halogens is 1. The van der Waals surface area contributed by atoms with Crippen molar-refractivity contribution in [3.8, 4) is 6.07 Å². The van der Waals surface area contributed by atoms with Crippen LogP contribution in [0.15, 0.2) is 21.5 Å². The Kier molecular flexibility index (Phi) is 2.58. The molecular formula is C8H6BrNS. The van der Waals surface area contributed by atoms with Crippen molar-refractivity contribution in [3.05, 3.63) is 27.7 Å². The Labute approximate surface area is 79.6 Å². The molecule has 1 aromatic rings. The number of hydrogen-bond donors (Lipinski definition) is 1. The summed E-state index contributed by atoms with van der Waals surface area (Å²) in [6.07, 6.45) is 0. The normalized spacial score (nSPS) is 9.27. The van der Waals surface area contributed by atoms with Gasteiger partial charge < -0.3 is 0 Å². The molecule has 1 rings (SSSR count). The van der Waals surface area contributed by atoms with Crippen LogP contribution in [-0.2, 0) is 0 Å². The summed E-state index contributed by atoms with van der Waals surface area (Å²) in [7, 11) is 0. The molecule has 0 aliphatic rings. The van der Waals surface area contributed by atoms with E-state index in [1.165, 1.54) is 0 Å². The molecule has 0 spiro atoms. The lowest BCUT2D eigenvalue weighted by Gasteiger charge is -2.00. The molecular weight excluding hydrogens is 222 g/mol. The van der Waals surface area contributed by atoms with Crippen LogP contribution in [0.3, 0.4) is 0 Å². The summed E-state index contributed by atoms with van der Waals surface area (Å²) >= 11 is 7.49. The summed E-state index contributed by atoms with van der Waals surface area (Å²) in [5.41, 5.74) is 1.67. The molecule has 11 heavy (non-hydrogen) atoms. The van der Waals surface area contributed by atoms with E-state index in [-0.39, 0.29) is 0 Å². The smallest absolute Gasteiger partial charge is 0.100 e. The third kappa shape index (κ3) is 1.76. The van der Waals surface area contributed by atoms with Crippen molar-refractivity contribution in [2.45, 2.75) is 11.8 Å². The van der Waals surface area contributed by atoms with E-state index in [2.05, 4.69) is 34.6 Å². The van der Waals surface area contributed by atoms with Crippen molar-refractivity contribution in [1.29, 1.82) is 5.26 Å². The fourth-order valence-corrected chi connectivity index (χ4v) is 1.52. The molecule has 0 saturated heterocycles. The molecule has 0 atom stereocenters. The van der Waals surface area contributed by atoms with Crippen LogP contribution in [0.5, 0.6) is 0 Å². The van der Waals surface area contributed by atoms with Crippen LogP contribution >= 0.6 is 28.6 Å². The molecule has 0 fully saturated rings. The van der Waals surface area contributed by atoms with Crippen molar-refractivity contribution in [2.24, 2.45) is 0 Å². The number of rotatable bonds is 0. The second-order valence-electron chi connectivity index (χ2n) is 2.23. The molecule has 0 aromatic heterocycles. The Hall–Kier alpha value is -0.460. The van der Waals surface area contributed by atoms with E-state index in [0.29, 0.717) is 10.5 Å². The van der Waals surface area contributed by atoms with Gasteiger partial charge in [-0.1, -0.05) is 15.9 Å². The topological polar surface area (TPSA) is 23.8 Å². The van der Waals surface area contributed by atoms with Crippen LogP contribution in [-0.4, -0.2) is 0 Å². The molecule has 0 N–H and O–H groups in total. The van der Waals surface area contributed by atoms with Gasteiger partial charge in [0.25, 0.3) is 0 Å². The highest BCUT2D eigenvalue weighted by molar-refractivity contribution is 9.10. The van der Waals surface area contributed by atoms with Gasteiger partial charge in [0.15, 0.2) is 0 Å². The van der Waals surface area contributed by atoms with Crippen LogP contribution in [0, 0.1) is 18.3 Å². The van der Waals surface area contributed by atoms with Crippen molar-refractivity contribution < 1.29 is 0 Å². The maximum Gasteiger partial charge on any atom is 0.100 e. The van der Waals surface area contributed by atoms with Crippen molar-refractivity contribution in [2.75, 3.05) is 0 Å². The van der Waals surface area contributed by atoms with Crippen LogP contribution in [0.25, 0.3) is 0 Å². The predicted molar refractivity (Wildman–Crippen MR) is 50.8 cm³/mol. The Bertz CT molecular complexity index is 328. The predicted octanol–water partition coefficient (Wildman–Crippen LogP) is 2.92. The van der Waals surface area contributed by atoms with Crippen LogP contribution < -0.4 is 0 Å². The highest BCUT2D eigenvalue weighted by Gasteiger charge is 2.01. The molecule has 3 heteroatoms. The average Bonchev–Trinajstić information content (AvgIpc) is 1.97. The zero-order valence-corrected chi connectivity index (χ0v) is 8.41. The minimum atomic E-state index is 0.619. The second kappa shape index (κ2) is 3.29. The number of thiol groups is 1. The summed E-state index contributed by atoms with van der Waals surface area (Å²) < 4.78 is 0.988. The summed E-state index contributed by atoms with van der Waals surface area (Å²) in [5, 5.41) is 8.62. The molecule has 0 aliphatic heterocycles. The van der Waals surface area contributed by atoms with Gasteiger partial charge in [0.2, 0.25) is 0 Å². The van der Waals surface area contributed by atoms with Gasteiger partial charge in [-0.2, -0.15) is 5.26 Å². The summed E-state index contributed by atoms with van der Waals surface area (Å²) in [6, 6.07) is 5.71. The van der Waals surface area contributed by atoms with Gasteiger partial charge in [-0.25, -0.2) is 0 Å². The van der Waals surface area contributed by atoms with Gasteiger partial charge in [0.1, 0.15) is 6.07 Å². The van der Waals surface area contributed by atoms with Crippen molar-refractivity contribution in [3.63, 3.8) is 0 Å². The minimum absolute atomic E-state index is 0.619. The highest BCUT2D eigenvalue weighted by Crippen LogP contribution is 2.23. The van der Waals surface area contributed by atoms with Gasteiger partial charge in [0.05, 0.1) is 5.56 Å². The maximum atomic E-state index is 8.62. The largest absolute Gasteiger partial charge is 0.192 e. The Balaban J connectivity index is 3.35. The Morgan fingerprint density at radius 2 is 2.18 bits per heavy atom. The maximum absolute atomic E-state index is 8.62.